The molecule has 2 heteroatoms. The Balaban J connectivity index is 2.30. The van der Waals surface area contributed by atoms with Crippen LogP contribution in [0.3, 0.4) is 0 Å². The first-order valence-corrected chi connectivity index (χ1v) is 7.81. The monoisotopic (exact) mass is 446 g/mol. The van der Waals surface area contributed by atoms with Crippen molar-refractivity contribution in [3.05, 3.63) is 53.7 Å². The van der Waals surface area contributed by atoms with Gasteiger partial charge in [-0.25, -0.2) is 0 Å². The molecule has 0 radical (unpaired) electrons. The van der Waals surface area contributed by atoms with Crippen molar-refractivity contribution in [2.45, 2.75) is 20.3 Å². The lowest BCUT2D eigenvalue weighted by molar-refractivity contribution is 1.19. The number of benzene rings is 2. The Morgan fingerprint density at radius 1 is 1.00 bits per heavy atom. The summed E-state index contributed by atoms with van der Waals surface area (Å²) in [4.78, 5) is 0. The maximum atomic E-state index is 2.47. The second-order valence-corrected chi connectivity index (χ2v) is 6.96. The second kappa shape index (κ2) is 4.23. The summed E-state index contributed by atoms with van der Waals surface area (Å²) in [5.74, 6) is 0. The normalized spacial score (nSPS) is 12.5. The van der Waals surface area contributed by atoms with Gasteiger partial charge >= 0.3 is 0 Å². The van der Waals surface area contributed by atoms with E-state index in [2.05, 4.69) is 83.3 Å². The van der Waals surface area contributed by atoms with Gasteiger partial charge in [0.1, 0.15) is 0 Å². The summed E-state index contributed by atoms with van der Waals surface area (Å²) in [5, 5.41) is 0. The van der Waals surface area contributed by atoms with Gasteiger partial charge in [-0.3, -0.25) is 0 Å². The Hall–Kier alpha value is -0.100. The number of aryl methyl sites for hydroxylation is 1. The van der Waals surface area contributed by atoms with Gasteiger partial charge in [0, 0.05) is 7.14 Å². The van der Waals surface area contributed by atoms with E-state index in [4.69, 9.17) is 0 Å². The molecular weight excluding hydrogens is 434 g/mol. The van der Waals surface area contributed by atoms with Gasteiger partial charge in [-0.05, 0) is 111 Å². The third-order valence-corrected chi connectivity index (χ3v) is 5.87. The zero-order chi connectivity index (χ0) is 12.2. The summed E-state index contributed by atoms with van der Waals surface area (Å²) in [7, 11) is 0. The van der Waals surface area contributed by atoms with Gasteiger partial charge in [0.05, 0.1) is 0 Å². The summed E-state index contributed by atoms with van der Waals surface area (Å²) in [5.41, 5.74) is 8.75. The maximum absolute atomic E-state index is 2.47. The van der Waals surface area contributed by atoms with Crippen LogP contribution in [0.25, 0.3) is 11.1 Å². The summed E-state index contributed by atoms with van der Waals surface area (Å²) in [6.07, 6.45) is 1.10. The van der Waals surface area contributed by atoms with E-state index in [1.54, 1.807) is 0 Å². The van der Waals surface area contributed by atoms with Crippen molar-refractivity contribution in [2.75, 3.05) is 0 Å². The Morgan fingerprint density at radius 2 is 1.76 bits per heavy atom. The molecule has 0 heterocycles. The number of fused-ring (bicyclic) bond motifs is 3. The van der Waals surface area contributed by atoms with E-state index in [-0.39, 0.29) is 0 Å². The first kappa shape index (κ1) is 12.0. The highest BCUT2D eigenvalue weighted by Gasteiger charge is 2.22. The van der Waals surface area contributed by atoms with Crippen LogP contribution in [-0.2, 0) is 6.42 Å². The minimum absolute atomic E-state index is 1.10. The van der Waals surface area contributed by atoms with Crippen LogP contribution in [0.15, 0.2) is 24.3 Å². The minimum atomic E-state index is 1.10. The molecule has 0 amide bonds. The Kier molecular flexibility index (Phi) is 2.97. The molecule has 17 heavy (non-hydrogen) atoms. The zero-order valence-electron chi connectivity index (χ0n) is 9.77. The van der Waals surface area contributed by atoms with E-state index < -0.39 is 0 Å². The Labute approximate surface area is 129 Å². The van der Waals surface area contributed by atoms with Crippen molar-refractivity contribution in [3.8, 4) is 11.1 Å². The highest BCUT2D eigenvalue weighted by atomic mass is 127. The molecule has 0 fully saturated rings. The van der Waals surface area contributed by atoms with Gasteiger partial charge < -0.3 is 0 Å². The van der Waals surface area contributed by atoms with E-state index in [1.165, 1.54) is 40.5 Å². The second-order valence-electron chi connectivity index (χ2n) is 4.64. The first-order chi connectivity index (χ1) is 8.08. The predicted molar refractivity (Wildman–Crippen MR) is 89.6 cm³/mol. The smallest absolute Gasteiger partial charge is 0.0192 e. The molecule has 0 saturated heterocycles. The molecule has 2 aromatic rings. The first-order valence-electron chi connectivity index (χ1n) is 5.65. The summed E-state index contributed by atoms with van der Waals surface area (Å²) >= 11 is 4.86. The fourth-order valence-corrected chi connectivity index (χ4v) is 3.66. The average molecular weight is 446 g/mol. The molecule has 1 aliphatic rings. The maximum Gasteiger partial charge on any atom is 0.0192 e. The molecule has 0 bridgehead atoms. The number of hydrogen-bond donors (Lipinski definition) is 0. The van der Waals surface area contributed by atoms with Crippen LogP contribution in [0.5, 0.6) is 0 Å². The van der Waals surface area contributed by atoms with Crippen LogP contribution in [0.4, 0.5) is 0 Å². The van der Waals surface area contributed by atoms with Gasteiger partial charge in [-0.15, -0.1) is 0 Å². The Bertz CT molecular complexity index is 627. The van der Waals surface area contributed by atoms with Crippen LogP contribution in [0.1, 0.15) is 22.3 Å². The zero-order valence-corrected chi connectivity index (χ0v) is 14.1. The van der Waals surface area contributed by atoms with Crippen molar-refractivity contribution in [3.63, 3.8) is 0 Å². The van der Waals surface area contributed by atoms with Crippen LogP contribution in [0, 0.1) is 21.0 Å². The third kappa shape index (κ3) is 1.84. The molecule has 2 aromatic carbocycles. The lowest BCUT2D eigenvalue weighted by Gasteiger charge is -2.10. The van der Waals surface area contributed by atoms with E-state index >= 15 is 0 Å². The number of hydrogen-bond acceptors (Lipinski definition) is 0. The van der Waals surface area contributed by atoms with Gasteiger partial charge in [0.15, 0.2) is 0 Å². The van der Waals surface area contributed by atoms with Crippen LogP contribution < -0.4 is 0 Å². The topological polar surface area (TPSA) is 0 Å². The molecule has 0 aliphatic heterocycles. The van der Waals surface area contributed by atoms with E-state index in [0.29, 0.717) is 0 Å². The van der Waals surface area contributed by atoms with Gasteiger partial charge in [-0.2, -0.15) is 0 Å². The minimum Gasteiger partial charge on any atom is -0.0530 e. The van der Waals surface area contributed by atoms with Crippen molar-refractivity contribution in [1.29, 1.82) is 0 Å². The van der Waals surface area contributed by atoms with Crippen molar-refractivity contribution < 1.29 is 0 Å². The summed E-state index contributed by atoms with van der Waals surface area (Å²) < 4.78 is 2.75. The van der Waals surface area contributed by atoms with Gasteiger partial charge in [-0.1, -0.05) is 12.1 Å². The number of halogens is 2. The molecule has 0 nitrogen and oxygen atoms in total. The fraction of sp³-hybridized carbons (Fsp3) is 0.200. The summed E-state index contributed by atoms with van der Waals surface area (Å²) in [6.45, 7) is 4.46. The molecular formula is C15H12I2. The van der Waals surface area contributed by atoms with Gasteiger partial charge in [0.25, 0.3) is 0 Å². The average Bonchev–Trinajstić information content (AvgIpc) is 2.64. The quantitative estimate of drug-likeness (QED) is 0.423. The van der Waals surface area contributed by atoms with E-state index in [1.807, 2.05) is 0 Å². The molecule has 1 aliphatic carbocycles. The lowest BCUT2D eigenvalue weighted by atomic mass is 9.99. The predicted octanol–water partition coefficient (Wildman–Crippen LogP) is 5.08. The lowest BCUT2D eigenvalue weighted by Crippen LogP contribution is -1.93. The molecule has 0 atom stereocenters. The molecule has 0 N–H and O–H groups in total. The van der Waals surface area contributed by atoms with E-state index in [9.17, 15) is 0 Å². The van der Waals surface area contributed by atoms with Gasteiger partial charge in [0.2, 0.25) is 0 Å². The highest BCUT2D eigenvalue weighted by Crippen LogP contribution is 2.41. The van der Waals surface area contributed by atoms with E-state index in [0.717, 1.165) is 6.42 Å². The Morgan fingerprint density at radius 3 is 2.53 bits per heavy atom. The third-order valence-electron chi connectivity index (χ3n) is 3.54. The molecule has 3 rings (SSSR count). The SMILES string of the molecule is Cc1cc2c(c(C)c1I)Cc1cc(I)ccc1-2. The molecule has 0 spiro atoms. The standard InChI is InChI=1S/C15H12I2/c1-8-5-14-12-4-3-11(16)6-10(12)7-13(14)9(2)15(8)17/h3-6H,7H2,1-2H3. The fourth-order valence-electron chi connectivity index (χ4n) is 2.63. The van der Waals surface area contributed by atoms with Crippen molar-refractivity contribution in [1.82, 2.24) is 0 Å². The molecule has 0 unspecified atom stereocenters. The molecule has 0 saturated carbocycles. The highest BCUT2D eigenvalue weighted by molar-refractivity contribution is 14.1. The van der Waals surface area contributed by atoms with Crippen molar-refractivity contribution in [2.24, 2.45) is 0 Å². The van der Waals surface area contributed by atoms with Crippen LogP contribution >= 0.6 is 45.2 Å². The van der Waals surface area contributed by atoms with Crippen molar-refractivity contribution >= 4 is 45.2 Å². The van der Waals surface area contributed by atoms with Crippen LogP contribution in [-0.4, -0.2) is 0 Å². The van der Waals surface area contributed by atoms with Crippen LogP contribution in [0.2, 0.25) is 0 Å². The molecule has 86 valence electrons. The largest absolute Gasteiger partial charge is 0.0530 e. The molecule has 0 aromatic heterocycles. The summed E-state index contributed by atoms with van der Waals surface area (Å²) in [6, 6.07) is 9.14. The number of rotatable bonds is 0.